The minimum atomic E-state index is -0.694. The van der Waals surface area contributed by atoms with Gasteiger partial charge in [-0.3, -0.25) is 0 Å². The van der Waals surface area contributed by atoms with Crippen LogP contribution >= 0.6 is 12.4 Å². The van der Waals surface area contributed by atoms with E-state index in [1.165, 1.54) is 0 Å². The summed E-state index contributed by atoms with van der Waals surface area (Å²) in [5.41, 5.74) is 7.33. The van der Waals surface area contributed by atoms with Crippen molar-refractivity contribution in [2.45, 2.75) is 13.5 Å². The van der Waals surface area contributed by atoms with Gasteiger partial charge in [-0.2, -0.15) is 0 Å². The Hall–Kier alpha value is -1.72. The molecule has 0 aliphatic heterocycles. The van der Waals surface area contributed by atoms with Gasteiger partial charge in [0.25, 0.3) is 0 Å². The Morgan fingerprint density at radius 1 is 1.16 bits per heavy atom. The number of hydrogen-bond donors (Lipinski definition) is 1. The molecule has 1 aromatic heterocycles. The highest BCUT2D eigenvalue weighted by Crippen LogP contribution is 2.23. The quantitative estimate of drug-likeness (QED) is 0.941. The molecule has 1 heterocycles. The van der Waals surface area contributed by atoms with Gasteiger partial charge < -0.3 is 10.5 Å². The summed E-state index contributed by atoms with van der Waals surface area (Å²) >= 11 is 0. The molecule has 3 nitrogen and oxygen atoms in total. The Labute approximate surface area is 115 Å². The van der Waals surface area contributed by atoms with E-state index in [0.29, 0.717) is 6.54 Å². The normalized spacial score (nSPS) is 9.89. The zero-order valence-electron chi connectivity index (χ0n) is 10.2. The lowest BCUT2D eigenvalue weighted by Crippen LogP contribution is -2.00. The lowest BCUT2D eigenvalue weighted by molar-refractivity contribution is 0.450. The van der Waals surface area contributed by atoms with Crippen LogP contribution in [0.4, 0.5) is 8.78 Å². The van der Waals surface area contributed by atoms with Crippen LogP contribution in [0.2, 0.25) is 0 Å². The Kier molecular flexibility index (Phi) is 5.20. The average molecular weight is 287 g/mol. The molecule has 0 saturated carbocycles. The molecule has 0 aliphatic carbocycles. The number of rotatable bonds is 3. The van der Waals surface area contributed by atoms with Crippen LogP contribution in [0.15, 0.2) is 30.5 Å². The van der Waals surface area contributed by atoms with Crippen LogP contribution in [0.3, 0.4) is 0 Å². The first-order valence-electron chi connectivity index (χ1n) is 5.38. The second-order valence-electron chi connectivity index (χ2n) is 3.86. The molecule has 19 heavy (non-hydrogen) atoms. The lowest BCUT2D eigenvalue weighted by Gasteiger charge is -2.08. The van der Waals surface area contributed by atoms with Crippen LogP contribution < -0.4 is 10.5 Å². The van der Waals surface area contributed by atoms with E-state index in [2.05, 4.69) is 4.98 Å². The molecule has 102 valence electrons. The SMILES string of the molecule is Cc1cc(Oc2cc(F)cc(F)c2)ncc1CN.Cl. The molecule has 0 saturated heterocycles. The standard InChI is InChI=1S/C13H12F2N2O.ClH/c1-8-2-13(17-7-9(8)6-16)18-12-4-10(14)3-11(15)5-12;/h2-5,7H,6,16H2,1H3;1H. The van der Waals surface area contributed by atoms with E-state index in [9.17, 15) is 8.78 Å². The smallest absolute Gasteiger partial charge is 0.219 e. The second kappa shape index (κ2) is 6.45. The van der Waals surface area contributed by atoms with Crippen molar-refractivity contribution in [2.75, 3.05) is 0 Å². The first-order chi connectivity index (χ1) is 8.58. The van der Waals surface area contributed by atoms with E-state index in [1.54, 1.807) is 12.3 Å². The van der Waals surface area contributed by atoms with E-state index < -0.39 is 11.6 Å². The number of nitrogens with zero attached hydrogens (tertiary/aromatic N) is 1. The van der Waals surface area contributed by atoms with Crippen molar-refractivity contribution in [1.82, 2.24) is 4.98 Å². The van der Waals surface area contributed by atoms with Gasteiger partial charge in [0, 0.05) is 37.0 Å². The molecule has 0 bridgehead atoms. The molecule has 0 amide bonds. The van der Waals surface area contributed by atoms with Crippen LogP contribution in [0, 0.1) is 18.6 Å². The minimum absolute atomic E-state index is 0. The summed E-state index contributed by atoms with van der Waals surface area (Å²) in [7, 11) is 0. The highest BCUT2D eigenvalue weighted by molar-refractivity contribution is 5.85. The van der Waals surface area contributed by atoms with Gasteiger partial charge in [-0.05, 0) is 18.1 Å². The highest BCUT2D eigenvalue weighted by atomic mass is 35.5. The van der Waals surface area contributed by atoms with Crippen LogP contribution in [-0.4, -0.2) is 4.98 Å². The molecule has 1 aromatic carbocycles. The minimum Gasteiger partial charge on any atom is -0.439 e. The van der Waals surface area contributed by atoms with Gasteiger partial charge in [0.2, 0.25) is 5.88 Å². The Balaban J connectivity index is 0.00000180. The maximum atomic E-state index is 13.0. The van der Waals surface area contributed by atoms with Crippen LogP contribution in [-0.2, 0) is 6.54 Å². The monoisotopic (exact) mass is 286 g/mol. The van der Waals surface area contributed by atoms with Gasteiger partial charge >= 0.3 is 0 Å². The summed E-state index contributed by atoms with van der Waals surface area (Å²) in [6, 6.07) is 4.64. The summed E-state index contributed by atoms with van der Waals surface area (Å²) in [4.78, 5) is 4.02. The summed E-state index contributed by atoms with van der Waals surface area (Å²) < 4.78 is 31.2. The maximum absolute atomic E-state index is 13.0. The number of hydrogen-bond acceptors (Lipinski definition) is 3. The molecule has 0 unspecified atom stereocenters. The van der Waals surface area contributed by atoms with E-state index in [4.69, 9.17) is 10.5 Å². The molecule has 2 N–H and O–H groups in total. The number of benzene rings is 1. The summed E-state index contributed by atoms with van der Waals surface area (Å²) in [6.45, 7) is 2.25. The highest BCUT2D eigenvalue weighted by Gasteiger charge is 2.05. The molecule has 0 radical (unpaired) electrons. The van der Waals surface area contributed by atoms with Gasteiger partial charge in [0.05, 0.1) is 0 Å². The second-order valence-corrected chi connectivity index (χ2v) is 3.86. The number of aryl methyl sites for hydroxylation is 1. The fraction of sp³-hybridized carbons (Fsp3) is 0.154. The number of nitrogens with two attached hydrogens (primary N) is 1. The van der Waals surface area contributed by atoms with Crippen LogP contribution in [0.25, 0.3) is 0 Å². The maximum Gasteiger partial charge on any atom is 0.219 e. The van der Waals surface area contributed by atoms with Crippen molar-refractivity contribution in [2.24, 2.45) is 5.73 Å². The van der Waals surface area contributed by atoms with Crippen LogP contribution in [0.1, 0.15) is 11.1 Å². The van der Waals surface area contributed by atoms with Gasteiger partial charge in [0.15, 0.2) is 0 Å². The van der Waals surface area contributed by atoms with Crippen molar-refractivity contribution in [3.63, 3.8) is 0 Å². The van der Waals surface area contributed by atoms with Crippen molar-refractivity contribution in [3.8, 4) is 11.6 Å². The third-order valence-electron chi connectivity index (χ3n) is 2.47. The van der Waals surface area contributed by atoms with Gasteiger partial charge in [-0.1, -0.05) is 0 Å². The Morgan fingerprint density at radius 2 is 1.79 bits per heavy atom. The third-order valence-corrected chi connectivity index (χ3v) is 2.47. The molecule has 2 rings (SSSR count). The molecular formula is C13H13ClF2N2O. The van der Waals surface area contributed by atoms with E-state index in [0.717, 1.165) is 29.3 Å². The summed E-state index contributed by atoms with van der Waals surface area (Å²) in [5.74, 6) is -1.05. The molecule has 2 aromatic rings. The topological polar surface area (TPSA) is 48.1 Å². The number of halogens is 3. The summed E-state index contributed by atoms with van der Waals surface area (Å²) in [6.07, 6.45) is 1.58. The fourth-order valence-electron chi connectivity index (χ4n) is 1.54. The van der Waals surface area contributed by atoms with E-state index in [-0.39, 0.29) is 24.0 Å². The number of ether oxygens (including phenoxy) is 1. The van der Waals surface area contributed by atoms with E-state index in [1.807, 2.05) is 6.92 Å². The zero-order valence-corrected chi connectivity index (χ0v) is 11.0. The van der Waals surface area contributed by atoms with Crippen molar-refractivity contribution in [1.29, 1.82) is 0 Å². The predicted molar refractivity (Wildman–Crippen MR) is 70.5 cm³/mol. The Bertz CT molecular complexity index is 558. The van der Waals surface area contributed by atoms with Gasteiger partial charge in [-0.15, -0.1) is 12.4 Å². The van der Waals surface area contributed by atoms with Gasteiger partial charge in [-0.25, -0.2) is 13.8 Å². The Morgan fingerprint density at radius 3 is 2.32 bits per heavy atom. The van der Waals surface area contributed by atoms with Gasteiger partial charge in [0.1, 0.15) is 17.4 Å². The lowest BCUT2D eigenvalue weighted by atomic mass is 10.1. The molecule has 6 heteroatoms. The first kappa shape index (κ1) is 15.3. The first-order valence-corrected chi connectivity index (χ1v) is 5.38. The van der Waals surface area contributed by atoms with E-state index >= 15 is 0 Å². The largest absolute Gasteiger partial charge is 0.439 e. The average Bonchev–Trinajstić information content (AvgIpc) is 2.27. The molecular weight excluding hydrogens is 274 g/mol. The predicted octanol–water partition coefficient (Wildman–Crippen LogP) is 3.34. The van der Waals surface area contributed by atoms with Crippen molar-refractivity contribution >= 4 is 12.4 Å². The molecule has 0 aliphatic rings. The molecule has 0 fully saturated rings. The fourth-order valence-corrected chi connectivity index (χ4v) is 1.54. The number of aromatic nitrogens is 1. The zero-order chi connectivity index (χ0) is 13.1. The molecule has 0 atom stereocenters. The number of pyridine rings is 1. The van der Waals surface area contributed by atoms with Crippen LogP contribution in [0.5, 0.6) is 11.6 Å². The third kappa shape index (κ3) is 3.87. The summed E-state index contributed by atoms with van der Waals surface area (Å²) in [5, 5.41) is 0. The van der Waals surface area contributed by atoms with Crippen molar-refractivity contribution in [3.05, 3.63) is 53.2 Å². The van der Waals surface area contributed by atoms with Crippen molar-refractivity contribution < 1.29 is 13.5 Å². The molecule has 0 spiro atoms.